The molecule has 0 spiro atoms. The molecule has 1 aliphatic heterocycles. The maximum Gasteiger partial charge on any atom is 0.238 e. The number of benzene rings is 1. The highest BCUT2D eigenvalue weighted by Crippen LogP contribution is 2.20. The molecule has 1 saturated carbocycles. The van der Waals surface area contributed by atoms with Crippen molar-refractivity contribution in [3.05, 3.63) is 24.3 Å². The molecule has 2 aliphatic rings. The second-order valence-corrected chi connectivity index (χ2v) is 6.74. The van der Waals surface area contributed by atoms with E-state index in [1.807, 2.05) is 24.3 Å². The van der Waals surface area contributed by atoms with Gasteiger partial charge in [-0.1, -0.05) is 25.3 Å². The number of anilines is 1. The minimum Gasteiger partial charge on any atom is -0.491 e. The predicted octanol–water partition coefficient (Wildman–Crippen LogP) is 3.11. The third-order valence-corrected chi connectivity index (χ3v) is 4.73. The van der Waals surface area contributed by atoms with Gasteiger partial charge in [-0.3, -0.25) is 4.79 Å². The Morgan fingerprint density at radius 3 is 2.83 bits per heavy atom. The van der Waals surface area contributed by atoms with Crippen molar-refractivity contribution >= 4 is 11.6 Å². The molecule has 0 bridgehead atoms. The number of nitrogens with one attached hydrogen (secondary N) is 2. The van der Waals surface area contributed by atoms with Gasteiger partial charge < -0.3 is 20.1 Å². The van der Waals surface area contributed by atoms with Gasteiger partial charge in [0.25, 0.3) is 0 Å². The van der Waals surface area contributed by atoms with Crippen molar-refractivity contribution in [1.82, 2.24) is 5.32 Å². The van der Waals surface area contributed by atoms with E-state index in [0.29, 0.717) is 19.2 Å². The summed E-state index contributed by atoms with van der Waals surface area (Å²) >= 11 is 0. The van der Waals surface area contributed by atoms with Gasteiger partial charge in [-0.25, -0.2) is 0 Å². The van der Waals surface area contributed by atoms with Crippen LogP contribution in [-0.2, 0) is 9.53 Å². The Kier molecular flexibility index (Phi) is 6.49. The third-order valence-electron chi connectivity index (χ3n) is 4.73. The molecule has 1 aliphatic carbocycles. The highest BCUT2D eigenvalue weighted by Gasteiger charge is 2.16. The van der Waals surface area contributed by atoms with Crippen molar-refractivity contribution in [3.8, 4) is 5.75 Å². The van der Waals surface area contributed by atoms with Crippen LogP contribution in [0.2, 0.25) is 0 Å². The molecule has 5 nitrogen and oxygen atoms in total. The normalized spacial score (nSPS) is 21.6. The summed E-state index contributed by atoms with van der Waals surface area (Å²) in [5.41, 5.74) is 0.773. The van der Waals surface area contributed by atoms with E-state index in [-0.39, 0.29) is 12.0 Å². The number of hydrogen-bond acceptors (Lipinski definition) is 4. The molecular formula is C19H28N2O3. The van der Waals surface area contributed by atoms with Crippen LogP contribution in [-0.4, -0.2) is 37.8 Å². The smallest absolute Gasteiger partial charge is 0.238 e. The van der Waals surface area contributed by atoms with Crippen LogP contribution in [0.1, 0.15) is 44.9 Å². The Morgan fingerprint density at radius 2 is 2.04 bits per heavy atom. The van der Waals surface area contributed by atoms with Crippen LogP contribution in [0.15, 0.2) is 24.3 Å². The van der Waals surface area contributed by atoms with Gasteiger partial charge in [0.2, 0.25) is 5.91 Å². The SMILES string of the molecule is O=C(CNC1CCCCC1)Nc1cccc(OCC2CCCO2)c1. The lowest BCUT2D eigenvalue weighted by molar-refractivity contribution is -0.115. The number of rotatable bonds is 7. The maximum absolute atomic E-state index is 12.1. The van der Waals surface area contributed by atoms with Gasteiger partial charge in [0.1, 0.15) is 12.4 Å². The average molecular weight is 332 g/mol. The van der Waals surface area contributed by atoms with Gasteiger partial charge in [0.15, 0.2) is 0 Å². The number of carbonyl (C=O) groups excluding carboxylic acids is 1. The van der Waals surface area contributed by atoms with Crippen LogP contribution in [0, 0.1) is 0 Å². The molecule has 0 radical (unpaired) electrons. The van der Waals surface area contributed by atoms with Gasteiger partial charge in [0.05, 0.1) is 12.6 Å². The number of hydrogen-bond donors (Lipinski definition) is 2. The van der Waals surface area contributed by atoms with E-state index >= 15 is 0 Å². The monoisotopic (exact) mass is 332 g/mol. The lowest BCUT2D eigenvalue weighted by Crippen LogP contribution is -2.37. The van der Waals surface area contributed by atoms with Crippen LogP contribution in [0.3, 0.4) is 0 Å². The van der Waals surface area contributed by atoms with E-state index in [1.54, 1.807) is 0 Å². The molecule has 24 heavy (non-hydrogen) atoms. The standard InChI is InChI=1S/C19H28N2O3/c22-19(13-20-15-6-2-1-3-7-15)21-16-8-4-9-17(12-16)24-14-18-10-5-11-23-18/h4,8-9,12,15,18,20H,1-3,5-7,10-11,13-14H2,(H,21,22). The largest absolute Gasteiger partial charge is 0.491 e. The van der Waals surface area contributed by atoms with Gasteiger partial charge in [-0.2, -0.15) is 0 Å². The maximum atomic E-state index is 12.1. The highest BCUT2D eigenvalue weighted by atomic mass is 16.5. The van der Waals surface area contributed by atoms with Crippen LogP contribution in [0.25, 0.3) is 0 Å². The predicted molar refractivity (Wildman–Crippen MR) is 94.4 cm³/mol. The summed E-state index contributed by atoms with van der Waals surface area (Å²) in [6.45, 7) is 1.77. The Labute approximate surface area is 144 Å². The quantitative estimate of drug-likeness (QED) is 0.805. The molecular weight excluding hydrogens is 304 g/mol. The fraction of sp³-hybridized carbons (Fsp3) is 0.632. The zero-order valence-corrected chi connectivity index (χ0v) is 14.3. The van der Waals surface area contributed by atoms with E-state index in [2.05, 4.69) is 10.6 Å². The molecule has 0 aromatic heterocycles. The summed E-state index contributed by atoms with van der Waals surface area (Å²) in [7, 11) is 0. The first kappa shape index (κ1) is 17.2. The Bertz CT molecular complexity index is 523. The second kappa shape index (κ2) is 9.04. The number of carbonyl (C=O) groups is 1. The van der Waals surface area contributed by atoms with E-state index in [4.69, 9.17) is 9.47 Å². The molecule has 1 atom stereocenters. The number of amides is 1. The first-order chi connectivity index (χ1) is 11.8. The van der Waals surface area contributed by atoms with Crippen molar-refractivity contribution in [2.75, 3.05) is 25.1 Å². The van der Waals surface area contributed by atoms with Crippen LogP contribution < -0.4 is 15.4 Å². The molecule has 132 valence electrons. The molecule has 1 unspecified atom stereocenters. The lowest BCUT2D eigenvalue weighted by Gasteiger charge is -2.22. The minimum absolute atomic E-state index is 0.00292. The van der Waals surface area contributed by atoms with Gasteiger partial charge in [-0.15, -0.1) is 0 Å². The average Bonchev–Trinajstić information content (AvgIpc) is 3.13. The molecule has 2 N–H and O–H groups in total. The lowest BCUT2D eigenvalue weighted by atomic mass is 9.95. The molecule has 3 rings (SSSR count). The Balaban J connectivity index is 1.42. The Morgan fingerprint density at radius 1 is 1.17 bits per heavy atom. The van der Waals surface area contributed by atoms with Crippen LogP contribution in [0.4, 0.5) is 5.69 Å². The molecule has 1 amide bonds. The first-order valence-corrected chi connectivity index (χ1v) is 9.17. The van der Waals surface area contributed by atoms with Gasteiger partial charge in [-0.05, 0) is 37.8 Å². The second-order valence-electron chi connectivity index (χ2n) is 6.74. The third kappa shape index (κ3) is 5.49. The van der Waals surface area contributed by atoms with Gasteiger partial charge >= 0.3 is 0 Å². The Hall–Kier alpha value is -1.59. The highest BCUT2D eigenvalue weighted by molar-refractivity contribution is 5.92. The summed E-state index contributed by atoms with van der Waals surface area (Å²) < 4.78 is 11.3. The van der Waals surface area contributed by atoms with Crippen molar-refractivity contribution in [2.24, 2.45) is 0 Å². The molecule has 2 fully saturated rings. The van der Waals surface area contributed by atoms with Crippen LogP contribution >= 0.6 is 0 Å². The zero-order chi connectivity index (χ0) is 16.6. The molecule has 1 saturated heterocycles. The number of ether oxygens (including phenoxy) is 2. The summed E-state index contributed by atoms with van der Waals surface area (Å²) in [4.78, 5) is 12.1. The zero-order valence-electron chi connectivity index (χ0n) is 14.3. The summed E-state index contributed by atoms with van der Waals surface area (Å²) in [5.74, 6) is 0.764. The van der Waals surface area contributed by atoms with E-state index in [0.717, 1.165) is 30.9 Å². The molecule has 5 heteroatoms. The fourth-order valence-corrected chi connectivity index (χ4v) is 3.38. The minimum atomic E-state index is -0.00292. The summed E-state index contributed by atoms with van der Waals surface area (Å²) in [5, 5.41) is 6.30. The van der Waals surface area contributed by atoms with Crippen molar-refractivity contribution in [2.45, 2.75) is 57.1 Å². The van der Waals surface area contributed by atoms with Crippen molar-refractivity contribution in [3.63, 3.8) is 0 Å². The van der Waals surface area contributed by atoms with E-state index < -0.39 is 0 Å². The fourth-order valence-electron chi connectivity index (χ4n) is 3.38. The molecule has 1 heterocycles. The van der Waals surface area contributed by atoms with E-state index in [1.165, 1.54) is 32.1 Å². The van der Waals surface area contributed by atoms with E-state index in [9.17, 15) is 4.79 Å². The molecule has 1 aromatic rings. The first-order valence-electron chi connectivity index (χ1n) is 9.17. The summed E-state index contributed by atoms with van der Waals surface area (Å²) in [6.07, 6.45) is 8.58. The summed E-state index contributed by atoms with van der Waals surface area (Å²) in [6, 6.07) is 8.05. The molecule has 1 aromatic carbocycles. The topological polar surface area (TPSA) is 59.6 Å². The van der Waals surface area contributed by atoms with Crippen LogP contribution in [0.5, 0.6) is 5.75 Å². The van der Waals surface area contributed by atoms with Gasteiger partial charge in [0, 0.05) is 24.4 Å². The van der Waals surface area contributed by atoms with Crippen molar-refractivity contribution < 1.29 is 14.3 Å². The van der Waals surface area contributed by atoms with Crippen molar-refractivity contribution in [1.29, 1.82) is 0 Å².